The number of anilines is 1. The molecule has 0 radical (unpaired) electrons. The summed E-state index contributed by atoms with van der Waals surface area (Å²) in [7, 11) is 2.99. The Hall–Kier alpha value is -3.36. The molecule has 1 amide bonds. The fraction of sp³-hybridized carbons (Fsp3) is 0.190. The molecule has 2 aromatic carbocycles. The van der Waals surface area contributed by atoms with E-state index in [1.54, 1.807) is 12.1 Å². The third-order valence-electron chi connectivity index (χ3n) is 4.06. The number of hydrogen-bond donors (Lipinski definition) is 1. The number of nitrogens with zero attached hydrogens (tertiary/aromatic N) is 3. The normalized spacial score (nSPS) is 10.4. The zero-order chi connectivity index (χ0) is 21.3. The Balaban J connectivity index is 1.81. The van der Waals surface area contributed by atoms with Gasteiger partial charge in [-0.2, -0.15) is 9.97 Å². The van der Waals surface area contributed by atoms with Crippen molar-refractivity contribution >= 4 is 23.2 Å². The number of nitrogens with one attached hydrogen (secondary N) is 1. The van der Waals surface area contributed by atoms with Gasteiger partial charge >= 0.3 is 6.01 Å². The number of hydrazine groups is 1. The van der Waals surface area contributed by atoms with Crippen LogP contribution in [0.15, 0.2) is 60.7 Å². The van der Waals surface area contributed by atoms with Gasteiger partial charge in [0, 0.05) is 12.1 Å². The summed E-state index contributed by atoms with van der Waals surface area (Å²) in [4.78, 5) is 20.7. The number of amides is 1. The van der Waals surface area contributed by atoms with Gasteiger partial charge in [0.15, 0.2) is 0 Å². The molecule has 0 fully saturated rings. The highest BCUT2D eigenvalue weighted by molar-refractivity contribution is 6.29. The lowest BCUT2D eigenvalue weighted by Gasteiger charge is -2.23. The van der Waals surface area contributed by atoms with Crippen molar-refractivity contribution in [1.29, 1.82) is 0 Å². The molecule has 0 spiro atoms. The standard InChI is InChI=1S/C21H21ClN4O4/c1-28-18-12-19(29-2)25-21(24-18)30-17-11-7-6-8-15(17)14-23-26(20(27)13-22)16-9-4-3-5-10-16/h3-12,23H,13-14H2,1-2H3. The Bertz CT molecular complexity index is 966. The molecule has 156 valence electrons. The minimum Gasteiger partial charge on any atom is -0.481 e. The SMILES string of the molecule is COc1cc(OC)nc(Oc2ccccc2CNN(C(=O)CCl)c2ccccc2)n1. The van der Waals surface area contributed by atoms with Gasteiger partial charge in [-0.1, -0.05) is 36.4 Å². The van der Waals surface area contributed by atoms with E-state index in [2.05, 4.69) is 15.4 Å². The maximum absolute atomic E-state index is 12.3. The molecule has 1 N–H and O–H groups in total. The molecule has 0 aliphatic heterocycles. The molecule has 0 saturated carbocycles. The van der Waals surface area contributed by atoms with Gasteiger partial charge in [0.25, 0.3) is 5.91 Å². The quantitative estimate of drug-likeness (QED) is 0.412. The lowest BCUT2D eigenvalue weighted by molar-refractivity contribution is -0.117. The highest BCUT2D eigenvalue weighted by Crippen LogP contribution is 2.26. The first-order valence-electron chi connectivity index (χ1n) is 9.05. The number of alkyl halides is 1. The van der Waals surface area contributed by atoms with E-state index in [-0.39, 0.29) is 17.8 Å². The van der Waals surface area contributed by atoms with Crippen LogP contribution in [0.3, 0.4) is 0 Å². The predicted octanol–water partition coefficient (Wildman–Crippen LogP) is 3.56. The van der Waals surface area contributed by atoms with Crippen molar-refractivity contribution < 1.29 is 19.0 Å². The van der Waals surface area contributed by atoms with Crippen LogP contribution in [0.25, 0.3) is 0 Å². The first-order chi connectivity index (χ1) is 14.6. The molecule has 0 aliphatic rings. The van der Waals surface area contributed by atoms with Gasteiger partial charge < -0.3 is 14.2 Å². The fourth-order valence-electron chi connectivity index (χ4n) is 2.61. The first-order valence-corrected chi connectivity index (χ1v) is 9.58. The average Bonchev–Trinajstić information content (AvgIpc) is 2.80. The maximum Gasteiger partial charge on any atom is 0.328 e. The zero-order valence-electron chi connectivity index (χ0n) is 16.5. The van der Waals surface area contributed by atoms with E-state index in [9.17, 15) is 4.79 Å². The number of para-hydroxylation sites is 2. The number of carbonyl (C=O) groups excluding carboxylic acids is 1. The highest BCUT2D eigenvalue weighted by atomic mass is 35.5. The molecular weight excluding hydrogens is 408 g/mol. The second-order valence-corrected chi connectivity index (χ2v) is 6.25. The van der Waals surface area contributed by atoms with E-state index in [1.165, 1.54) is 19.2 Å². The third kappa shape index (κ3) is 5.37. The second kappa shape index (κ2) is 10.4. The number of carbonyl (C=O) groups is 1. The van der Waals surface area contributed by atoms with E-state index in [0.29, 0.717) is 29.7 Å². The number of halogens is 1. The van der Waals surface area contributed by atoms with Gasteiger partial charge in [0.05, 0.1) is 26.0 Å². The Morgan fingerprint density at radius 2 is 1.63 bits per heavy atom. The van der Waals surface area contributed by atoms with Crippen LogP contribution in [0.1, 0.15) is 5.56 Å². The van der Waals surface area contributed by atoms with Crippen LogP contribution in [0, 0.1) is 0 Å². The average molecular weight is 429 g/mol. The largest absolute Gasteiger partial charge is 0.481 e. The molecule has 1 heterocycles. The summed E-state index contributed by atoms with van der Waals surface area (Å²) >= 11 is 5.78. The summed E-state index contributed by atoms with van der Waals surface area (Å²) < 4.78 is 16.2. The van der Waals surface area contributed by atoms with E-state index in [0.717, 1.165) is 5.56 Å². The van der Waals surface area contributed by atoms with Gasteiger partial charge in [-0.3, -0.25) is 4.79 Å². The van der Waals surface area contributed by atoms with Crippen molar-refractivity contribution in [2.24, 2.45) is 0 Å². The Kier molecular flexibility index (Phi) is 7.42. The minimum atomic E-state index is -0.276. The zero-order valence-corrected chi connectivity index (χ0v) is 17.3. The van der Waals surface area contributed by atoms with Crippen LogP contribution in [-0.4, -0.2) is 36.0 Å². The number of rotatable bonds is 9. The first kappa shape index (κ1) is 21.4. The van der Waals surface area contributed by atoms with E-state index in [4.69, 9.17) is 25.8 Å². The second-order valence-electron chi connectivity index (χ2n) is 5.98. The van der Waals surface area contributed by atoms with E-state index >= 15 is 0 Å². The van der Waals surface area contributed by atoms with Crippen molar-refractivity contribution in [1.82, 2.24) is 15.4 Å². The number of hydrogen-bond acceptors (Lipinski definition) is 7. The topological polar surface area (TPSA) is 85.8 Å². The van der Waals surface area contributed by atoms with Gasteiger partial charge in [0.2, 0.25) is 11.8 Å². The summed E-state index contributed by atoms with van der Waals surface area (Å²) in [6.07, 6.45) is 0. The number of benzene rings is 2. The summed E-state index contributed by atoms with van der Waals surface area (Å²) in [5.74, 6) is 0.719. The molecule has 0 saturated heterocycles. The van der Waals surface area contributed by atoms with Crippen LogP contribution < -0.4 is 24.6 Å². The molecule has 8 nitrogen and oxygen atoms in total. The van der Waals surface area contributed by atoms with E-state index < -0.39 is 0 Å². The molecule has 3 aromatic rings. The summed E-state index contributed by atoms with van der Waals surface area (Å²) in [5.41, 5.74) is 4.57. The molecule has 30 heavy (non-hydrogen) atoms. The summed E-state index contributed by atoms with van der Waals surface area (Å²) in [6.45, 7) is 0.300. The number of methoxy groups -OCH3 is 2. The summed E-state index contributed by atoms with van der Waals surface area (Å²) in [6, 6.07) is 18.2. The lowest BCUT2D eigenvalue weighted by Crippen LogP contribution is -2.43. The third-order valence-corrected chi connectivity index (χ3v) is 4.29. The van der Waals surface area contributed by atoms with Crippen LogP contribution >= 0.6 is 11.6 Å². The van der Waals surface area contributed by atoms with Crippen molar-refractivity contribution in [3.63, 3.8) is 0 Å². The maximum atomic E-state index is 12.3. The minimum absolute atomic E-state index is 0.0791. The fourth-order valence-corrected chi connectivity index (χ4v) is 2.73. The molecule has 0 unspecified atom stereocenters. The number of aromatic nitrogens is 2. The Labute approximate surface area is 179 Å². The molecular formula is C21H21ClN4O4. The van der Waals surface area contributed by atoms with E-state index in [1.807, 2.05) is 48.5 Å². The van der Waals surface area contributed by atoms with Crippen molar-refractivity contribution in [3.8, 4) is 23.5 Å². The van der Waals surface area contributed by atoms with Crippen molar-refractivity contribution in [3.05, 3.63) is 66.2 Å². The van der Waals surface area contributed by atoms with Crippen molar-refractivity contribution in [2.45, 2.75) is 6.54 Å². The van der Waals surface area contributed by atoms with Gasteiger partial charge in [0.1, 0.15) is 11.6 Å². The Morgan fingerprint density at radius 1 is 1.00 bits per heavy atom. The van der Waals surface area contributed by atoms with Crippen LogP contribution in [0.4, 0.5) is 5.69 Å². The molecule has 0 aliphatic carbocycles. The predicted molar refractivity (Wildman–Crippen MR) is 113 cm³/mol. The van der Waals surface area contributed by atoms with Gasteiger partial charge in [-0.25, -0.2) is 10.4 Å². The van der Waals surface area contributed by atoms with Crippen LogP contribution in [-0.2, 0) is 11.3 Å². The Morgan fingerprint density at radius 3 is 2.27 bits per heavy atom. The molecule has 1 aromatic heterocycles. The molecule has 3 rings (SSSR count). The molecule has 0 bridgehead atoms. The smallest absolute Gasteiger partial charge is 0.328 e. The van der Waals surface area contributed by atoms with Crippen LogP contribution in [0.2, 0.25) is 0 Å². The monoisotopic (exact) mass is 428 g/mol. The highest BCUT2D eigenvalue weighted by Gasteiger charge is 2.16. The lowest BCUT2D eigenvalue weighted by atomic mass is 10.2. The van der Waals surface area contributed by atoms with Crippen molar-refractivity contribution in [2.75, 3.05) is 25.1 Å². The molecule has 9 heteroatoms. The van der Waals surface area contributed by atoms with Crippen LogP contribution in [0.5, 0.6) is 23.5 Å². The number of ether oxygens (including phenoxy) is 3. The molecule has 0 atom stereocenters. The van der Waals surface area contributed by atoms with Gasteiger partial charge in [-0.15, -0.1) is 11.6 Å². The summed E-state index contributed by atoms with van der Waals surface area (Å²) in [5, 5.41) is 1.41. The van der Waals surface area contributed by atoms with Gasteiger partial charge in [-0.05, 0) is 18.2 Å².